The highest BCUT2D eigenvalue weighted by Gasteiger charge is 2.10. The zero-order chi connectivity index (χ0) is 16.4. The van der Waals surface area contributed by atoms with E-state index in [-0.39, 0.29) is 0 Å². The van der Waals surface area contributed by atoms with Gasteiger partial charge in [0.15, 0.2) is 5.82 Å². The first-order valence-corrected chi connectivity index (χ1v) is 7.22. The molecule has 0 aliphatic rings. The SMILES string of the molecule is Cc1cc(NCc2noc(-c3ccoc3)n2)ccc1-n1cnnn1. The second-order valence-corrected chi connectivity index (χ2v) is 5.14. The zero-order valence-electron chi connectivity index (χ0n) is 12.7. The molecule has 0 saturated heterocycles. The molecule has 0 saturated carbocycles. The van der Waals surface area contributed by atoms with Crippen molar-refractivity contribution < 1.29 is 8.94 Å². The van der Waals surface area contributed by atoms with Crippen LogP contribution in [0.25, 0.3) is 17.1 Å². The highest BCUT2D eigenvalue weighted by molar-refractivity contribution is 5.53. The lowest BCUT2D eigenvalue weighted by atomic mass is 10.2. The van der Waals surface area contributed by atoms with E-state index in [9.17, 15) is 0 Å². The Morgan fingerprint density at radius 2 is 2.21 bits per heavy atom. The molecule has 0 fully saturated rings. The van der Waals surface area contributed by atoms with Gasteiger partial charge in [-0.25, -0.2) is 4.68 Å². The number of furan rings is 1. The van der Waals surface area contributed by atoms with E-state index in [0.29, 0.717) is 18.3 Å². The zero-order valence-corrected chi connectivity index (χ0v) is 12.7. The number of benzene rings is 1. The Bertz CT molecular complexity index is 929. The van der Waals surface area contributed by atoms with E-state index < -0.39 is 0 Å². The molecular formula is C15H13N7O2. The molecule has 0 amide bonds. The largest absolute Gasteiger partial charge is 0.472 e. The van der Waals surface area contributed by atoms with Crippen LogP contribution in [-0.2, 0) is 6.54 Å². The summed E-state index contributed by atoms with van der Waals surface area (Å²) in [6, 6.07) is 7.67. The molecule has 3 heterocycles. The predicted octanol–water partition coefficient (Wildman–Crippen LogP) is 2.23. The fraction of sp³-hybridized carbons (Fsp3) is 0.133. The van der Waals surface area contributed by atoms with Crippen LogP contribution in [0.3, 0.4) is 0 Å². The Hall–Kier alpha value is -3.49. The standard InChI is InChI=1S/C15H13N7O2/c1-10-6-12(2-3-13(10)22-9-17-20-21-22)16-7-14-18-15(24-19-14)11-4-5-23-8-11/h2-6,8-9,16H,7H2,1H3. The Balaban J connectivity index is 1.45. The molecule has 0 atom stereocenters. The molecule has 1 aromatic carbocycles. The molecule has 1 N–H and O–H groups in total. The van der Waals surface area contributed by atoms with Crippen LogP contribution in [0.15, 0.2) is 52.1 Å². The van der Waals surface area contributed by atoms with E-state index in [1.54, 1.807) is 29.6 Å². The van der Waals surface area contributed by atoms with E-state index in [0.717, 1.165) is 22.5 Å². The minimum Gasteiger partial charge on any atom is -0.472 e. The maximum Gasteiger partial charge on any atom is 0.261 e. The molecule has 9 heteroatoms. The molecular weight excluding hydrogens is 310 g/mol. The summed E-state index contributed by atoms with van der Waals surface area (Å²) in [4.78, 5) is 4.32. The number of nitrogens with one attached hydrogen (secondary N) is 1. The second kappa shape index (κ2) is 5.95. The molecule has 9 nitrogen and oxygen atoms in total. The van der Waals surface area contributed by atoms with E-state index in [1.807, 2.05) is 25.1 Å². The molecule has 24 heavy (non-hydrogen) atoms. The van der Waals surface area contributed by atoms with Crippen LogP contribution >= 0.6 is 0 Å². The van der Waals surface area contributed by atoms with Gasteiger partial charge in [0.05, 0.1) is 24.1 Å². The quantitative estimate of drug-likeness (QED) is 0.595. The second-order valence-electron chi connectivity index (χ2n) is 5.14. The minimum absolute atomic E-state index is 0.436. The molecule has 0 aliphatic heterocycles. The monoisotopic (exact) mass is 323 g/mol. The topological polar surface area (TPSA) is 108 Å². The van der Waals surface area contributed by atoms with Crippen LogP contribution in [0.1, 0.15) is 11.4 Å². The summed E-state index contributed by atoms with van der Waals surface area (Å²) in [7, 11) is 0. The van der Waals surface area contributed by atoms with Crippen LogP contribution in [0.2, 0.25) is 0 Å². The van der Waals surface area contributed by atoms with E-state index in [4.69, 9.17) is 8.94 Å². The number of nitrogens with zero attached hydrogens (tertiary/aromatic N) is 6. The highest BCUT2D eigenvalue weighted by atomic mass is 16.5. The fourth-order valence-corrected chi connectivity index (χ4v) is 2.30. The minimum atomic E-state index is 0.436. The van der Waals surface area contributed by atoms with Crippen molar-refractivity contribution >= 4 is 5.69 Å². The average Bonchev–Trinajstić information content (AvgIpc) is 3.33. The lowest BCUT2D eigenvalue weighted by Gasteiger charge is -2.08. The number of aromatic nitrogens is 6. The Morgan fingerprint density at radius 1 is 1.25 bits per heavy atom. The predicted molar refractivity (Wildman–Crippen MR) is 83.2 cm³/mol. The average molecular weight is 323 g/mol. The van der Waals surface area contributed by atoms with Crippen LogP contribution in [0.5, 0.6) is 0 Å². The fourth-order valence-electron chi connectivity index (χ4n) is 2.30. The van der Waals surface area contributed by atoms with Gasteiger partial charge in [-0.1, -0.05) is 5.16 Å². The number of hydrogen-bond acceptors (Lipinski definition) is 8. The van der Waals surface area contributed by atoms with Crippen molar-refractivity contribution in [3.05, 3.63) is 54.5 Å². The Kier molecular flexibility index (Phi) is 3.50. The molecule has 0 radical (unpaired) electrons. The number of hydrogen-bond donors (Lipinski definition) is 1. The maximum absolute atomic E-state index is 5.20. The molecule has 0 spiro atoms. The number of aryl methyl sites for hydroxylation is 1. The van der Waals surface area contributed by atoms with Gasteiger partial charge in [-0.05, 0) is 47.2 Å². The molecule has 0 unspecified atom stereocenters. The summed E-state index contributed by atoms with van der Waals surface area (Å²) >= 11 is 0. The van der Waals surface area contributed by atoms with Crippen LogP contribution in [0.4, 0.5) is 5.69 Å². The van der Waals surface area contributed by atoms with E-state index in [1.165, 1.54) is 0 Å². The highest BCUT2D eigenvalue weighted by Crippen LogP contribution is 2.20. The number of rotatable bonds is 5. The molecule has 0 bridgehead atoms. The van der Waals surface area contributed by atoms with Gasteiger partial charge >= 0.3 is 0 Å². The third-order valence-electron chi connectivity index (χ3n) is 3.48. The van der Waals surface area contributed by atoms with Crippen molar-refractivity contribution in [2.45, 2.75) is 13.5 Å². The molecule has 4 rings (SSSR count). The molecule has 0 aliphatic carbocycles. The third kappa shape index (κ3) is 2.74. The van der Waals surface area contributed by atoms with Gasteiger partial charge in [-0.15, -0.1) is 5.10 Å². The summed E-state index contributed by atoms with van der Waals surface area (Å²) in [6.07, 6.45) is 4.68. The summed E-state index contributed by atoms with van der Waals surface area (Å²) < 4.78 is 11.8. The van der Waals surface area contributed by atoms with Gasteiger partial charge < -0.3 is 14.3 Å². The van der Waals surface area contributed by atoms with Crippen LogP contribution in [-0.4, -0.2) is 30.3 Å². The van der Waals surface area contributed by atoms with Crippen molar-refractivity contribution in [2.24, 2.45) is 0 Å². The van der Waals surface area contributed by atoms with Crippen molar-refractivity contribution in [3.8, 4) is 17.1 Å². The van der Waals surface area contributed by atoms with Crippen molar-refractivity contribution in [3.63, 3.8) is 0 Å². The molecule has 3 aromatic heterocycles. The maximum atomic E-state index is 5.20. The van der Waals surface area contributed by atoms with Gasteiger partial charge in [0.2, 0.25) is 0 Å². The van der Waals surface area contributed by atoms with Gasteiger partial charge in [0.25, 0.3) is 5.89 Å². The third-order valence-corrected chi connectivity index (χ3v) is 3.48. The van der Waals surface area contributed by atoms with Gasteiger partial charge in [-0.2, -0.15) is 4.98 Å². The van der Waals surface area contributed by atoms with Crippen LogP contribution in [0, 0.1) is 6.92 Å². The van der Waals surface area contributed by atoms with Crippen molar-refractivity contribution in [1.29, 1.82) is 0 Å². The lowest BCUT2D eigenvalue weighted by molar-refractivity contribution is 0.423. The van der Waals surface area contributed by atoms with Crippen molar-refractivity contribution in [1.82, 2.24) is 30.3 Å². The van der Waals surface area contributed by atoms with Gasteiger partial charge in [0.1, 0.15) is 12.6 Å². The number of tetrazole rings is 1. The summed E-state index contributed by atoms with van der Waals surface area (Å²) in [5.41, 5.74) is 3.67. The Morgan fingerprint density at radius 3 is 2.96 bits per heavy atom. The van der Waals surface area contributed by atoms with E-state index in [2.05, 4.69) is 31.0 Å². The Labute approximate surface area is 136 Å². The first-order valence-electron chi connectivity index (χ1n) is 7.22. The first kappa shape index (κ1) is 14.1. The normalized spacial score (nSPS) is 10.9. The lowest BCUT2D eigenvalue weighted by Crippen LogP contribution is -2.03. The molecule has 120 valence electrons. The van der Waals surface area contributed by atoms with Gasteiger partial charge in [0, 0.05) is 5.69 Å². The van der Waals surface area contributed by atoms with E-state index >= 15 is 0 Å². The molecule has 4 aromatic rings. The summed E-state index contributed by atoms with van der Waals surface area (Å²) in [6.45, 7) is 2.44. The first-order chi connectivity index (χ1) is 11.8. The van der Waals surface area contributed by atoms with Crippen LogP contribution < -0.4 is 5.32 Å². The smallest absolute Gasteiger partial charge is 0.261 e. The summed E-state index contributed by atoms with van der Waals surface area (Å²) in [5.74, 6) is 0.999. The van der Waals surface area contributed by atoms with Crippen molar-refractivity contribution in [2.75, 3.05) is 5.32 Å². The summed E-state index contributed by atoms with van der Waals surface area (Å²) in [5, 5.41) is 18.4. The van der Waals surface area contributed by atoms with Gasteiger partial charge in [-0.3, -0.25) is 0 Å². The number of anilines is 1.